The van der Waals surface area contributed by atoms with Gasteiger partial charge >= 0.3 is 12.6 Å². The first-order valence-corrected chi connectivity index (χ1v) is 5.94. The standard InChI is InChI=1S/C13H13F3O3/c14-10-7-8(19-12(15)16)3-4-9(10)13(11(17)18)5-1-2-6-13/h3-4,7,12H,1-2,5-6H2,(H,17,18). The zero-order valence-corrected chi connectivity index (χ0v) is 10.0. The van der Waals surface area contributed by atoms with Crippen molar-refractivity contribution in [1.82, 2.24) is 0 Å². The van der Waals surface area contributed by atoms with Gasteiger partial charge in [0.15, 0.2) is 0 Å². The third-order valence-electron chi connectivity index (χ3n) is 3.55. The molecule has 0 spiro atoms. The molecule has 1 fully saturated rings. The molecular weight excluding hydrogens is 261 g/mol. The molecule has 1 aliphatic rings. The lowest BCUT2D eigenvalue weighted by Crippen LogP contribution is -2.33. The van der Waals surface area contributed by atoms with Crippen molar-refractivity contribution in [3.8, 4) is 5.75 Å². The Bertz CT molecular complexity index is 482. The Morgan fingerprint density at radius 3 is 2.42 bits per heavy atom. The first-order valence-electron chi connectivity index (χ1n) is 5.94. The van der Waals surface area contributed by atoms with E-state index in [1.54, 1.807) is 0 Å². The number of rotatable bonds is 4. The van der Waals surface area contributed by atoms with E-state index in [9.17, 15) is 23.1 Å². The van der Waals surface area contributed by atoms with Crippen LogP contribution >= 0.6 is 0 Å². The summed E-state index contributed by atoms with van der Waals surface area (Å²) in [6, 6.07) is 3.21. The van der Waals surface area contributed by atoms with Crippen LogP contribution in [0.3, 0.4) is 0 Å². The Kier molecular flexibility index (Phi) is 3.68. The number of hydrogen-bond acceptors (Lipinski definition) is 2. The highest BCUT2D eigenvalue weighted by atomic mass is 19.3. The van der Waals surface area contributed by atoms with Crippen molar-refractivity contribution < 1.29 is 27.8 Å². The highest BCUT2D eigenvalue weighted by Crippen LogP contribution is 2.43. The molecule has 0 amide bonds. The van der Waals surface area contributed by atoms with Crippen molar-refractivity contribution in [3.05, 3.63) is 29.6 Å². The highest BCUT2D eigenvalue weighted by molar-refractivity contribution is 5.82. The zero-order chi connectivity index (χ0) is 14.0. The van der Waals surface area contributed by atoms with Crippen LogP contribution in [0.5, 0.6) is 5.75 Å². The number of alkyl halides is 2. The third-order valence-corrected chi connectivity index (χ3v) is 3.55. The van der Waals surface area contributed by atoms with Crippen molar-refractivity contribution in [2.75, 3.05) is 0 Å². The second-order valence-electron chi connectivity index (χ2n) is 4.61. The molecule has 1 aromatic carbocycles. The summed E-state index contributed by atoms with van der Waals surface area (Å²) in [5, 5.41) is 9.34. The van der Waals surface area contributed by atoms with Gasteiger partial charge in [0.2, 0.25) is 0 Å². The molecule has 1 saturated carbocycles. The summed E-state index contributed by atoms with van der Waals surface area (Å²) in [4.78, 5) is 11.4. The van der Waals surface area contributed by atoms with Crippen LogP contribution in [0.15, 0.2) is 18.2 Å². The van der Waals surface area contributed by atoms with Gasteiger partial charge in [0.1, 0.15) is 11.6 Å². The molecule has 0 unspecified atom stereocenters. The maximum atomic E-state index is 14.0. The van der Waals surface area contributed by atoms with Gasteiger partial charge in [0.25, 0.3) is 0 Å². The fourth-order valence-electron chi connectivity index (χ4n) is 2.64. The molecule has 0 heterocycles. The van der Waals surface area contributed by atoms with Gasteiger partial charge in [-0.1, -0.05) is 18.9 Å². The van der Waals surface area contributed by atoms with Gasteiger partial charge in [-0.25, -0.2) is 4.39 Å². The first kappa shape index (κ1) is 13.7. The number of benzene rings is 1. The van der Waals surface area contributed by atoms with Crippen LogP contribution in [0.4, 0.5) is 13.2 Å². The van der Waals surface area contributed by atoms with E-state index in [2.05, 4.69) is 4.74 Å². The number of carboxylic acids is 1. The molecule has 1 aromatic rings. The minimum absolute atomic E-state index is 0.0408. The van der Waals surface area contributed by atoms with Crippen LogP contribution in [0.25, 0.3) is 0 Å². The fourth-order valence-corrected chi connectivity index (χ4v) is 2.64. The molecule has 0 saturated heterocycles. The second kappa shape index (κ2) is 5.11. The number of ether oxygens (including phenoxy) is 1. The fraction of sp³-hybridized carbons (Fsp3) is 0.462. The van der Waals surface area contributed by atoms with Gasteiger partial charge in [0.05, 0.1) is 5.41 Å². The molecule has 6 heteroatoms. The Morgan fingerprint density at radius 1 is 1.32 bits per heavy atom. The van der Waals surface area contributed by atoms with Crippen LogP contribution in [-0.4, -0.2) is 17.7 Å². The molecule has 1 aliphatic carbocycles. The van der Waals surface area contributed by atoms with Crippen LogP contribution in [0.1, 0.15) is 31.2 Å². The number of carbonyl (C=O) groups is 1. The maximum Gasteiger partial charge on any atom is 0.387 e. The molecule has 0 radical (unpaired) electrons. The van der Waals surface area contributed by atoms with Gasteiger partial charge in [0, 0.05) is 11.6 Å². The van der Waals surface area contributed by atoms with E-state index >= 15 is 0 Å². The molecule has 0 aliphatic heterocycles. The lowest BCUT2D eigenvalue weighted by molar-refractivity contribution is -0.143. The summed E-state index contributed by atoms with van der Waals surface area (Å²) in [6.07, 6.45) is 2.13. The molecule has 104 valence electrons. The van der Waals surface area contributed by atoms with Crippen LogP contribution in [0.2, 0.25) is 0 Å². The van der Waals surface area contributed by atoms with Gasteiger partial charge in [-0.2, -0.15) is 8.78 Å². The van der Waals surface area contributed by atoms with Gasteiger partial charge in [-0.3, -0.25) is 4.79 Å². The molecule has 0 bridgehead atoms. The van der Waals surface area contributed by atoms with Crippen molar-refractivity contribution in [2.45, 2.75) is 37.7 Å². The van der Waals surface area contributed by atoms with Gasteiger partial charge in [-0.15, -0.1) is 0 Å². The smallest absolute Gasteiger partial charge is 0.387 e. The summed E-state index contributed by atoms with van der Waals surface area (Å²) in [7, 11) is 0. The first-order chi connectivity index (χ1) is 8.95. The SMILES string of the molecule is O=C(O)C1(c2ccc(OC(F)F)cc2F)CCCC1. The molecule has 19 heavy (non-hydrogen) atoms. The topological polar surface area (TPSA) is 46.5 Å². The quantitative estimate of drug-likeness (QED) is 0.916. The minimum atomic E-state index is -3.04. The molecule has 0 atom stereocenters. The van der Waals surface area contributed by atoms with Crippen molar-refractivity contribution in [1.29, 1.82) is 0 Å². The lowest BCUT2D eigenvalue weighted by Gasteiger charge is -2.25. The van der Waals surface area contributed by atoms with Gasteiger partial charge < -0.3 is 9.84 Å². The Labute approximate surface area is 108 Å². The summed E-state index contributed by atoms with van der Waals surface area (Å²) in [5.74, 6) is -2.20. The molecule has 1 N–H and O–H groups in total. The number of halogens is 3. The van der Waals surface area contributed by atoms with Crippen molar-refractivity contribution in [2.24, 2.45) is 0 Å². The zero-order valence-electron chi connectivity index (χ0n) is 10.0. The van der Waals surface area contributed by atoms with Gasteiger partial charge in [-0.05, 0) is 18.9 Å². The van der Waals surface area contributed by atoms with E-state index in [-0.39, 0.29) is 11.3 Å². The predicted molar refractivity (Wildman–Crippen MR) is 60.8 cm³/mol. The average molecular weight is 274 g/mol. The Morgan fingerprint density at radius 2 is 1.95 bits per heavy atom. The van der Waals surface area contributed by atoms with E-state index in [1.807, 2.05) is 0 Å². The number of hydrogen-bond donors (Lipinski definition) is 1. The van der Waals surface area contributed by atoms with Crippen LogP contribution in [-0.2, 0) is 10.2 Å². The second-order valence-corrected chi connectivity index (χ2v) is 4.61. The van der Waals surface area contributed by atoms with E-state index in [1.165, 1.54) is 12.1 Å². The predicted octanol–water partition coefficient (Wildman–Crippen LogP) is 3.32. The van der Waals surface area contributed by atoms with E-state index in [0.29, 0.717) is 25.7 Å². The largest absolute Gasteiger partial charge is 0.481 e. The summed E-state index contributed by atoms with van der Waals surface area (Å²) < 4.78 is 42.1. The summed E-state index contributed by atoms with van der Waals surface area (Å²) in [5.41, 5.74) is -1.20. The summed E-state index contributed by atoms with van der Waals surface area (Å²) in [6.45, 7) is -3.04. The number of carboxylic acid groups (broad SMARTS) is 1. The van der Waals surface area contributed by atoms with E-state index in [0.717, 1.165) is 6.07 Å². The molecular formula is C13H13F3O3. The molecule has 3 nitrogen and oxygen atoms in total. The van der Waals surface area contributed by atoms with Crippen LogP contribution < -0.4 is 4.74 Å². The number of aliphatic carboxylic acids is 1. The van der Waals surface area contributed by atoms with Crippen molar-refractivity contribution >= 4 is 5.97 Å². The Hall–Kier alpha value is -1.72. The lowest BCUT2D eigenvalue weighted by atomic mass is 9.78. The third kappa shape index (κ3) is 2.52. The van der Waals surface area contributed by atoms with E-state index in [4.69, 9.17) is 0 Å². The monoisotopic (exact) mass is 274 g/mol. The average Bonchev–Trinajstić information content (AvgIpc) is 2.78. The summed E-state index contributed by atoms with van der Waals surface area (Å²) >= 11 is 0. The van der Waals surface area contributed by atoms with Crippen LogP contribution in [0, 0.1) is 5.82 Å². The van der Waals surface area contributed by atoms with E-state index < -0.39 is 23.8 Å². The molecule has 2 rings (SSSR count). The Balaban J connectivity index is 2.37. The minimum Gasteiger partial charge on any atom is -0.481 e. The normalized spacial score (nSPS) is 17.7. The maximum absolute atomic E-state index is 14.0. The molecule has 0 aromatic heterocycles. The van der Waals surface area contributed by atoms with Crippen molar-refractivity contribution in [3.63, 3.8) is 0 Å². The highest BCUT2D eigenvalue weighted by Gasteiger charge is 2.44.